The van der Waals surface area contributed by atoms with Gasteiger partial charge in [0.2, 0.25) is 0 Å². The SMILES string of the molecule is Cc1c(C=CC(=O)c2ccc([N+](=O)[O-])cc2)c(=O)n(-c2ccccc2)n1C. The van der Waals surface area contributed by atoms with Crippen LogP contribution in [0.3, 0.4) is 0 Å². The average molecular weight is 363 g/mol. The number of carbonyl (C=O) groups is 1. The van der Waals surface area contributed by atoms with Gasteiger partial charge in [0.25, 0.3) is 11.2 Å². The molecule has 0 aliphatic rings. The highest BCUT2D eigenvalue weighted by molar-refractivity contribution is 6.06. The van der Waals surface area contributed by atoms with Gasteiger partial charge in [-0.1, -0.05) is 18.2 Å². The number of benzene rings is 2. The first-order valence-corrected chi connectivity index (χ1v) is 8.21. The fourth-order valence-corrected chi connectivity index (χ4v) is 2.78. The molecule has 0 bridgehead atoms. The van der Waals surface area contributed by atoms with Crippen LogP contribution >= 0.6 is 0 Å². The van der Waals surface area contributed by atoms with Crippen molar-refractivity contribution in [3.05, 3.63) is 98.0 Å². The van der Waals surface area contributed by atoms with Gasteiger partial charge in [0.1, 0.15) is 0 Å². The van der Waals surface area contributed by atoms with Crippen LogP contribution in [0.4, 0.5) is 5.69 Å². The number of nitro benzene ring substituents is 1. The van der Waals surface area contributed by atoms with Gasteiger partial charge in [0, 0.05) is 30.4 Å². The Bertz CT molecular complexity index is 1090. The molecule has 1 aromatic heterocycles. The summed E-state index contributed by atoms with van der Waals surface area (Å²) >= 11 is 0. The number of nitro groups is 1. The molecule has 0 unspecified atom stereocenters. The van der Waals surface area contributed by atoms with Gasteiger partial charge in [-0.05, 0) is 43.3 Å². The molecule has 0 N–H and O–H groups in total. The van der Waals surface area contributed by atoms with Crippen molar-refractivity contribution < 1.29 is 9.72 Å². The molecular formula is C20H17N3O4. The van der Waals surface area contributed by atoms with E-state index in [2.05, 4.69) is 0 Å². The zero-order valence-corrected chi connectivity index (χ0v) is 14.8. The lowest BCUT2D eigenvalue weighted by Gasteiger charge is -2.07. The van der Waals surface area contributed by atoms with Crippen LogP contribution in [0, 0.1) is 17.0 Å². The summed E-state index contributed by atoms with van der Waals surface area (Å²) in [6, 6.07) is 14.6. The van der Waals surface area contributed by atoms with E-state index < -0.39 is 4.92 Å². The summed E-state index contributed by atoms with van der Waals surface area (Å²) in [5, 5.41) is 10.7. The largest absolute Gasteiger partial charge is 0.289 e. The third kappa shape index (κ3) is 3.48. The molecule has 7 heteroatoms. The van der Waals surface area contributed by atoms with Crippen LogP contribution in [0.2, 0.25) is 0 Å². The molecule has 0 atom stereocenters. The Morgan fingerprint density at radius 1 is 1.07 bits per heavy atom. The number of carbonyl (C=O) groups excluding carboxylic acids is 1. The van der Waals surface area contributed by atoms with Crippen LogP contribution < -0.4 is 5.56 Å². The molecule has 0 radical (unpaired) electrons. The number of allylic oxidation sites excluding steroid dienone is 1. The van der Waals surface area contributed by atoms with Crippen LogP contribution in [0.5, 0.6) is 0 Å². The van der Waals surface area contributed by atoms with Gasteiger partial charge in [-0.3, -0.25) is 24.4 Å². The number of rotatable bonds is 5. The Balaban J connectivity index is 1.93. The van der Waals surface area contributed by atoms with E-state index >= 15 is 0 Å². The molecule has 0 saturated carbocycles. The minimum Gasteiger partial charge on any atom is -0.289 e. The maximum absolute atomic E-state index is 12.8. The van der Waals surface area contributed by atoms with Gasteiger partial charge in [-0.15, -0.1) is 0 Å². The lowest BCUT2D eigenvalue weighted by molar-refractivity contribution is -0.384. The lowest BCUT2D eigenvalue weighted by Crippen LogP contribution is -2.20. The highest BCUT2D eigenvalue weighted by Gasteiger charge is 2.14. The van der Waals surface area contributed by atoms with Gasteiger partial charge in [-0.25, -0.2) is 4.68 Å². The van der Waals surface area contributed by atoms with Crippen molar-refractivity contribution in [1.29, 1.82) is 0 Å². The molecule has 7 nitrogen and oxygen atoms in total. The zero-order chi connectivity index (χ0) is 19.6. The molecule has 0 fully saturated rings. The fourth-order valence-electron chi connectivity index (χ4n) is 2.78. The van der Waals surface area contributed by atoms with Crippen LogP contribution in [-0.4, -0.2) is 20.1 Å². The number of non-ortho nitro benzene ring substituents is 1. The van der Waals surface area contributed by atoms with Gasteiger partial charge in [-0.2, -0.15) is 0 Å². The monoisotopic (exact) mass is 363 g/mol. The topological polar surface area (TPSA) is 87.1 Å². The smallest absolute Gasteiger partial charge is 0.278 e. The van der Waals surface area contributed by atoms with Gasteiger partial charge in [0.05, 0.1) is 16.2 Å². The molecule has 0 spiro atoms. The van der Waals surface area contributed by atoms with Gasteiger partial charge >= 0.3 is 0 Å². The van der Waals surface area contributed by atoms with E-state index in [4.69, 9.17) is 0 Å². The fraction of sp³-hybridized carbons (Fsp3) is 0.100. The molecule has 0 amide bonds. The van der Waals surface area contributed by atoms with E-state index in [1.807, 2.05) is 30.3 Å². The Morgan fingerprint density at radius 3 is 2.30 bits per heavy atom. The second kappa shape index (κ2) is 7.25. The maximum Gasteiger partial charge on any atom is 0.278 e. The Hall–Kier alpha value is -3.74. The Morgan fingerprint density at radius 2 is 1.70 bits per heavy atom. The normalized spacial score (nSPS) is 11.0. The first-order chi connectivity index (χ1) is 12.9. The predicted octanol–water partition coefficient (Wildman–Crippen LogP) is 3.29. The van der Waals surface area contributed by atoms with E-state index in [9.17, 15) is 19.7 Å². The van der Waals surface area contributed by atoms with Crippen molar-refractivity contribution in [2.24, 2.45) is 7.05 Å². The zero-order valence-electron chi connectivity index (χ0n) is 14.8. The number of hydrogen-bond acceptors (Lipinski definition) is 4. The van der Waals surface area contributed by atoms with Gasteiger partial charge in [0.15, 0.2) is 5.78 Å². The van der Waals surface area contributed by atoms with Crippen molar-refractivity contribution in [3.63, 3.8) is 0 Å². The van der Waals surface area contributed by atoms with Crippen molar-refractivity contribution in [2.45, 2.75) is 6.92 Å². The molecule has 1 heterocycles. The molecule has 3 rings (SSSR count). The molecular weight excluding hydrogens is 346 g/mol. The summed E-state index contributed by atoms with van der Waals surface area (Å²) in [4.78, 5) is 35.3. The summed E-state index contributed by atoms with van der Waals surface area (Å²) in [6.45, 7) is 1.80. The summed E-state index contributed by atoms with van der Waals surface area (Å²) in [5.74, 6) is -0.334. The maximum atomic E-state index is 12.8. The van der Waals surface area contributed by atoms with Crippen molar-refractivity contribution in [3.8, 4) is 5.69 Å². The minimum absolute atomic E-state index is 0.0832. The first-order valence-electron chi connectivity index (χ1n) is 8.21. The van der Waals surface area contributed by atoms with E-state index in [0.717, 1.165) is 11.4 Å². The molecule has 2 aromatic carbocycles. The summed E-state index contributed by atoms with van der Waals surface area (Å²) in [5.41, 5.74) is 1.87. The van der Waals surface area contributed by atoms with Crippen LogP contribution in [0.25, 0.3) is 11.8 Å². The van der Waals surface area contributed by atoms with Crippen LogP contribution in [0.15, 0.2) is 65.5 Å². The number of aromatic nitrogens is 2. The number of para-hydroxylation sites is 1. The minimum atomic E-state index is -0.524. The summed E-state index contributed by atoms with van der Waals surface area (Å²) < 4.78 is 3.26. The number of hydrogen-bond donors (Lipinski definition) is 0. The predicted molar refractivity (Wildman–Crippen MR) is 102 cm³/mol. The lowest BCUT2D eigenvalue weighted by atomic mass is 10.1. The molecule has 0 aliphatic heterocycles. The second-order valence-electron chi connectivity index (χ2n) is 5.98. The van der Waals surface area contributed by atoms with E-state index in [1.165, 1.54) is 41.1 Å². The number of nitrogens with zero attached hydrogens (tertiary/aromatic N) is 3. The Kier molecular flexibility index (Phi) is 4.85. The van der Waals surface area contributed by atoms with E-state index in [0.29, 0.717) is 11.1 Å². The first kappa shape index (κ1) is 18.1. The van der Waals surface area contributed by atoms with E-state index in [1.54, 1.807) is 18.7 Å². The summed E-state index contributed by atoms with van der Waals surface area (Å²) in [7, 11) is 1.78. The Labute approximate surface area is 154 Å². The average Bonchev–Trinajstić information content (AvgIpc) is 2.89. The molecule has 0 saturated heterocycles. The second-order valence-corrected chi connectivity index (χ2v) is 5.98. The molecule has 3 aromatic rings. The third-order valence-corrected chi connectivity index (χ3v) is 4.36. The van der Waals surface area contributed by atoms with Crippen molar-refractivity contribution >= 4 is 17.5 Å². The van der Waals surface area contributed by atoms with Crippen molar-refractivity contribution in [2.75, 3.05) is 0 Å². The molecule has 136 valence electrons. The van der Waals surface area contributed by atoms with Crippen molar-refractivity contribution in [1.82, 2.24) is 9.36 Å². The van der Waals surface area contributed by atoms with Crippen LogP contribution in [-0.2, 0) is 7.05 Å². The standard InChI is InChI=1S/C20H17N3O4/c1-14-18(20(25)22(21(14)2)16-6-4-3-5-7-16)12-13-19(24)15-8-10-17(11-9-15)23(26)27/h3-13H,1-2H3. The van der Waals surface area contributed by atoms with Gasteiger partial charge < -0.3 is 0 Å². The highest BCUT2D eigenvalue weighted by Crippen LogP contribution is 2.14. The quantitative estimate of drug-likeness (QED) is 0.301. The molecule has 27 heavy (non-hydrogen) atoms. The third-order valence-electron chi connectivity index (χ3n) is 4.36. The number of ketones is 1. The highest BCUT2D eigenvalue weighted by atomic mass is 16.6. The summed E-state index contributed by atoms with van der Waals surface area (Å²) in [6.07, 6.45) is 2.79. The van der Waals surface area contributed by atoms with E-state index in [-0.39, 0.29) is 17.0 Å². The van der Waals surface area contributed by atoms with Crippen LogP contribution in [0.1, 0.15) is 21.6 Å². The molecule has 0 aliphatic carbocycles.